The zero-order valence-corrected chi connectivity index (χ0v) is 9.13. The Morgan fingerprint density at radius 3 is 2.76 bits per heavy atom. The van der Waals surface area contributed by atoms with E-state index in [1.165, 1.54) is 0 Å². The van der Waals surface area contributed by atoms with E-state index in [9.17, 15) is 0 Å². The predicted octanol–water partition coefficient (Wildman–Crippen LogP) is 2.83. The van der Waals surface area contributed by atoms with Crippen molar-refractivity contribution in [3.8, 4) is 0 Å². The van der Waals surface area contributed by atoms with Gasteiger partial charge in [0.25, 0.3) is 0 Å². The molecule has 3 aromatic rings. The van der Waals surface area contributed by atoms with Crippen molar-refractivity contribution >= 4 is 16.7 Å². The van der Waals surface area contributed by atoms with Gasteiger partial charge in [0.2, 0.25) is 0 Å². The van der Waals surface area contributed by atoms with E-state index < -0.39 is 0 Å². The Labute approximate surface area is 98.3 Å². The molecule has 2 aromatic heterocycles. The third kappa shape index (κ3) is 2.10. The molecule has 1 aromatic carbocycles. The monoisotopic (exact) mass is 225 g/mol. The van der Waals surface area contributed by atoms with Crippen LogP contribution in [-0.4, -0.2) is 9.97 Å². The first-order valence-corrected chi connectivity index (χ1v) is 5.39. The molecule has 0 aliphatic rings. The fourth-order valence-corrected chi connectivity index (χ4v) is 1.68. The normalized spacial score (nSPS) is 10.6. The van der Waals surface area contributed by atoms with Crippen LogP contribution in [-0.2, 0) is 6.54 Å². The molecular weight excluding hydrogens is 214 g/mol. The molecule has 0 radical (unpaired) electrons. The summed E-state index contributed by atoms with van der Waals surface area (Å²) >= 11 is 0. The summed E-state index contributed by atoms with van der Waals surface area (Å²) in [6.07, 6.45) is 5.06. The highest BCUT2D eigenvalue weighted by Gasteiger charge is 1.99. The molecule has 0 aliphatic heterocycles. The highest BCUT2D eigenvalue weighted by molar-refractivity contribution is 5.78. The van der Waals surface area contributed by atoms with E-state index in [1.54, 1.807) is 18.7 Å². The number of hydrogen-bond donors (Lipinski definition) is 1. The zero-order valence-electron chi connectivity index (χ0n) is 9.13. The summed E-state index contributed by atoms with van der Waals surface area (Å²) in [5.74, 6) is 0.907. The van der Waals surface area contributed by atoms with Gasteiger partial charge in [0.05, 0.1) is 23.8 Å². The summed E-state index contributed by atoms with van der Waals surface area (Å²) < 4.78 is 5.25. The Kier molecular flexibility index (Phi) is 2.46. The first-order chi connectivity index (χ1) is 8.42. The molecule has 4 heteroatoms. The molecule has 0 spiro atoms. The van der Waals surface area contributed by atoms with Crippen LogP contribution in [0.3, 0.4) is 0 Å². The molecule has 3 rings (SSSR count). The quantitative estimate of drug-likeness (QED) is 0.744. The van der Waals surface area contributed by atoms with Crippen molar-refractivity contribution in [3.05, 3.63) is 54.7 Å². The predicted molar refractivity (Wildman–Crippen MR) is 65.6 cm³/mol. The van der Waals surface area contributed by atoms with Crippen molar-refractivity contribution in [2.75, 3.05) is 5.32 Å². The van der Waals surface area contributed by atoms with Crippen LogP contribution in [0.15, 0.2) is 53.4 Å². The van der Waals surface area contributed by atoms with Crippen LogP contribution in [0, 0.1) is 0 Å². The number of anilines is 1. The second kappa shape index (κ2) is 4.25. The van der Waals surface area contributed by atoms with Gasteiger partial charge >= 0.3 is 0 Å². The maximum absolute atomic E-state index is 5.25. The first-order valence-electron chi connectivity index (χ1n) is 5.39. The summed E-state index contributed by atoms with van der Waals surface area (Å²) in [6.45, 7) is 0.665. The molecule has 0 amide bonds. The molecule has 1 N–H and O–H groups in total. The van der Waals surface area contributed by atoms with Crippen LogP contribution in [0.25, 0.3) is 11.0 Å². The number of nitrogens with zero attached hydrogens (tertiary/aromatic N) is 2. The van der Waals surface area contributed by atoms with Crippen molar-refractivity contribution in [2.24, 2.45) is 0 Å². The Bertz CT molecular complexity index is 619. The van der Waals surface area contributed by atoms with Gasteiger partial charge in [-0.1, -0.05) is 0 Å². The second-order valence-electron chi connectivity index (χ2n) is 3.69. The Balaban J connectivity index is 1.81. The van der Waals surface area contributed by atoms with E-state index in [0.717, 1.165) is 22.5 Å². The summed E-state index contributed by atoms with van der Waals surface area (Å²) in [5, 5.41) is 3.28. The van der Waals surface area contributed by atoms with Crippen LogP contribution in [0.2, 0.25) is 0 Å². The molecule has 17 heavy (non-hydrogen) atoms. The van der Waals surface area contributed by atoms with Crippen LogP contribution in [0.1, 0.15) is 5.76 Å². The van der Waals surface area contributed by atoms with Gasteiger partial charge < -0.3 is 9.73 Å². The Morgan fingerprint density at radius 2 is 1.94 bits per heavy atom. The third-order valence-electron chi connectivity index (χ3n) is 2.52. The average Bonchev–Trinajstić information content (AvgIpc) is 2.89. The lowest BCUT2D eigenvalue weighted by atomic mass is 10.2. The Hall–Kier alpha value is -2.36. The molecule has 84 valence electrons. The second-order valence-corrected chi connectivity index (χ2v) is 3.69. The maximum Gasteiger partial charge on any atom is 0.122 e. The molecule has 0 aliphatic carbocycles. The summed E-state index contributed by atoms with van der Waals surface area (Å²) in [4.78, 5) is 8.48. The van der Waals surface area contributed by atoms with Crippen LogP contribution in [0.4, 0.5) is 5.69 Å². The fourth-order valence-electron chi connectivity index (χ4n) is 1.68. The maximum atomic E-state index is 5.25. The van der Waals surface area contributed by atoms with Gasteiger partial charge in [0.1, 0.15) is 5.76 Å². The standard InChI is InChI=1S/C13H11N3O/c1-2-11(17-7-1)9-16-10-3-4-12-13(8-10)15-6-5-14-12/h1-8,16H,9H2. The van der Waals surface area contributed by atoms with Gasteiger partial charge in [-0.2, -0.15) is 0 Å². The van der Waals surface area contributed by atoms with Gasteiger partial charge in [-0.3, -0.25) is 9.97 Å². The van der Waals surface area contributed by atoms with Gasteiger partial charge in [-0.15, -0.1) is 0 Å². The lowest BCUT2D eigenvalue weighted by Crippen LogP contribution is -1.98. The fraction of sp³-hybridized carbons (Fsp3) is 0.0769. The minimum atomic E-state index is 0.665. The summed E-state index contributed by atoms with van der Waals surface area (Å²) in [6, 6.07) is 9.73. The minimum absolute atomic E-state index is 0.665. The summed E-state index contributed by atoms with van der Waals surface area (Å²) in [5.41, 5.74) is 2.79. The van der Waals surface area contributed by atoms with Gasteiger partial charge in [0.15, 0.2) is 0 Å². The van der Waals surface area contributed by atoms with E-state index in [4.69, 9.17) is 4.42 Å². The number of benzene rings is 1. The number of nitrogens with one attached hydrogen (secondary N) is 1. The van der Waals surface area contributed by atoms with Crippen molar-refractivity contribution < 1.29 is 4.42 Å². The van der Waals surface area contributed by atoms with E-state index in [2.05, 4.69) is 15.3 Å². The van der Waals surface area contributed by atoms with Crippen molar-refractivity contribution in [1.29, 1.82) is 0 Å². The number of rotatable bonds is 3. The van der Waals surface area contributed by atoms with E-state index >= 15 is 0 Å². The van der Waals surface area contributed by atoms with Crippen molar-refractivity contribution in [2.45, 2.75) is 6.54 Å². The molecule has 0 fully saturated rings. The highest BCUT2D eigenvalue weighted by atomic mass is 16.3. The lowest BCUT2D eigenvalue weighted by Gasteiger charge is -2.04. The lowest BCUT2D eigenvalue weighted by molar-refractivity contribution is 0.518. The number of aromatic nitrogens is 2. The summed E-state index contributed by atoms with van der Waals surface area (Å²) in [7, 11) is 0. The molecule has 0 saturated heterocycles. The van der Waals surface area contributed by atoms with E-state index in [-0.39, 0.29) is 0 Å². The SMILES string of the molecule is c1coc(CNc2ccc3nccnc3c2)c1. The van der Waals surface area contributed by atoms with Gasteiger partial charge in [-0.25, -0.2) is 0 Å². The molecule has 0 atom stereocenters. The molecule has 2 heterocycles. The van der Waals surface area contributed by atoms with Crippen LogP contribution in [0.5, 0.6) is 0 Å². The number of furan rings is 1. The van der Waals surface area contributed by atoms with E-state index in [1.807, 2.05) is 30.3 Å². The third-order valence-corrected chi connectivity index (χ3v) is 2.52. The molecule has 0 unspecified atom stereocenters. The van der Waals surface area contributed by atoms with Gasteiger partial charge in [-0.05, 0) is 30.3 Å². The zero-order chi connectivity index (χ0) is 11.5. The first kappa shape index (κ1) is 9.84. The smallest absolute Gasteiger partial charge is 0.122 e. The molecular formula is C13H11N3O. The highest BCUT2D eigenvalue weighted by Crippen LogP contribution is 2.15. The molecule has 0 bridgehead atoms. The number of fused-ring (bicyclic) bond motifs is 1. The number of hydrogen-bond acceptors (Lipinski definition) is 4. The van der Waals surface area contributed by atoms with Crippen molar-refractivity contribution in [3.63, 3.8) is 0 Å². The van der Waals surface area contributed by atoms with Crippen LogP contribution >= 0.6 is 0 Å². The van der Waals surface area contributed by atoms with Crippen LogP contribution < -0.4 is 5.32 Å². The topological polar surface area (TPSA) is 51.0 Å². The van der Waals surface area contributed by atoms with Crippen molar-refractivity contribution in [1.82, 2.24) is 9.97 Å². The average molecular weight is 225 g/mol. The minimum Gasteiger partial charge on any atom is -0.467 e. The molecule has 0 saturated carbocycles. The Morgan fingerprint density at radius 1 is 1.06 bits per heavy atom. The van der Waals surface area contributed by atoms with Gasteiger partial charge in [0, 0.05) is 18.1 Å². The molecule has 4 nitrogen and oxygen atoms in total. The van der Waals surface area contributed by atoms with E-state index in [0.29, 0.717) is 6.54 Å². The largest absolute Gasteiger partial charge is 0.467 e.